The third-order valence-corrected chi connectivity index (χ3v) is 3.67. The zero-order valence-electron chi connectivity index (χ0n) is 9.40. The normalized spacial score (nSPS) is 12.5. The molecule has 0 aliphatic carbocycles. The lowest BCUT2D eigenvalue weighted by Crippen LogP contribution is -2.31. The van der Waals surface area contributed by atoms with Gasteiger partial charge in [-0.25, -0.2) is 0 Å². The number of nitrogens with one attached hydrogen (secondary N) is 1. The average Bonchev–Trinajstić information content (AvgIpc) is 2.25. The van der Waals surface area contributed by atoms with E-state index in [1.807, 2.05) is 0 Å². The van der Waals surface area contributed by atoms with Crippen molar-refractivity contribution in [3.63, 3.8) is 0 Å². The number of halogens is 1. The lowest BCUT2D eigenvalue weighted by molar-refractivity contribution is 0.0952. The molecule has 1 atom stereocenters. The van der Waals surface area contributed by atoms with E-state index in [2.05, 4.69) is 35.1 Å². The molecule has 16 heavy (non-hydrogen) atoms. The summed E-state index contributed by atoms with van der Waals surface area (Å²) in [7, 11) is 0. The van der Waals surface area contributed by atoms with Crippen molar-refractivity contribution in [1.29, 1.82) is 0 Å². The number of benzene rings is 1. The lowest BCUT2D eigenvalue weighted by atomic mass is 10.1. The standard InChI is InChI=1S/C12H16BrNO2/c1-8(2)11(13)7-14-12(16)9-4-3-5-10(15)6-9/h3-6,8,11,15H,7H2,1-2H3,(H,14,16). The molecule has 1 amide bonds. The molecule has 0 aliphatic rings. The van der Waals surface area contributed by atoms with Crippen LogP contribution in [0.15, 0.2) is 24.3 Å². The monoisotopic (exact) mass is 285 g/mol. The van der Waals surface area contributed by atoms with Gasteiger partial charge in [-0.05, 0) is 24.1 Å². The fourth-order valence-electron chi connectivity index (χ4n) is 1.18. The summed E-state index contributed by atoms with van der Waals surface area (Å²) in [5.41, 5.74) is 0.475. The molecule has 1 aromatic rings. The van der Waals surface area contributed by atoms with Crippen molar-refractivity contribution in [3.05, 3.63) is 29.8 Å². The highest BCUT2D eigenvalue weighted by Crippen LogP contribution is 2.12. The molecule has 0 heterocycles. The predicted molar refractivity (Wildman–Crippen MR) is 68.0 cm³/mol. The fourth-order valence-corrected chi connectivity index (χ4v) is 1.34. The first-order chi connectivity index (χ1) is 7.50. The van der Waals surface area contributed by atoms with Gasteiger partial charge in [-0.15, -0.1) is 0 Å². The molecule has 2 N–H and O–H groups in total. The molecule has 0 saturated carbocycles. The van der Waals surface area contributed by atoms with Crippen LogP contribution < -0.4 is 5.32 Å². The molecular weight excluding hydrogens is 270 g/mol. The lowest BCUT2D eigenvalue weighted by Gasteiger charge is -2.14. The highest BCUT2D eigenvalue weighted by atomic mass is 79.9. The van der Waals surface area contributed by atoms with Gasteiger partial charge < -0.3 is 10.4 Å². The first-order valence-electron chi connectivity index (χ1n) is 5.22. The van der Waals surface area contributed by atoms with Crippen LogP contribution in [0, 0.1) is 5.92 Å². The molecule has 0 aliphatic heterocycles. The second-order valence-electron chi connectivity index (χ2n) is 4.02. The molecule has 0 fully saturated rings. The number of rotatable bonds is 4. The van der Waals surface area contributed by atoms with Crippen molar-refractivity contribution >= 4 is 21.8 Å². The summed E-state index contributed by atoms with van der Waals surface area (Å²) in [6, 6.07) is 6.32. The van der Waals surface area contributed by atoms with Crippen LogP contribution >= 0.6 is 15.9 Å². The van der Waals surface area contributed by atoms with Gasteiger partial charge in [0.05, 0.1) is 0 Å². The maximum Gasteiger partial charge on any atom is 0.251 e. The molecule has 1 aromatic carbocycles. The van der Waals surface area contributed by atoms with Gasteiger partial charge >= 0.3 is 0 Å². The Labute approximate surface area is 104 Å². The maximum atomic E-state index is 11.7. The van der Waals surface area contributed by atoms with E-state index in [0.29, 0.717) is 18.0 Å². The number of aromatic hydroxyl groups is 1. The smallest absolute Gasteiger partial charge is 0.251 e. The zero-order chi connectivity index (χ0) is 12.1. The van der Waals surface area contributed by atoms with Gasteiger partial charge in [0, 0.05) is 16.9 Å². The minimum atomic E-state index is -0.166. The van der Waals surface area contributed by atoms with Gasteiger partial charge in [-0.1, -0.05) is 35.8 Å². The Morgan fingerprint density at radius 3 is 2.75 bits per heavy atom. The summed E-state index contributed by atoms with van der Waals surface area (Å²) in [5, 5.41) is 12.0. The molecular formula is C12H16BrNO2. The van der Waals surface area contributed by atoms with Crippen molar-refractivity contribution in [3.8, 4) is 5.75 Å². The Morgan fingerprint density at radius 2 is 2.19 bits per heavy atom. The highest BCUT2D eigenvalue weighted by Gasteiger charge is 2.11. The molecule has 0 saturated heterocycles. The van der Waals surface area contributed by atoms with Gasteiger partial charge in [0.1, 0.15) is 5.75 Å². The number of alkyl halides is 1. The van der Waals surface area contributed by atoms with Gasteiger partial charge in [-0.3, -0.25) is 4.79 Å². The molecule has 0 spiro atoms. The van der Waals surface area contributed by atoms with E-state index < -0.39 is 0 Å². The minimum absolute atomic E-state index is 0.104. The van der Waals surface area contributed by atoms with Crippen LogP contribution in [0.25, 0.3) is 0 Å². The van der Waals surface area contributed by atoms with Crippen LogP contribution in [0.5, 0.6) is 5.75 Å². The number of hydrogen-bond donors (Lipinski definition) is 2. The predicted octanol–water partition coefficient (Wildman–Crippen LogP) is 2.54. The third kappa shape index (κ3) is 3.85. The quantitative estimate of drug-likeness (QED) is 0.836. The number of amides is 1. The van der Waals surface area contributed by atoms with Crippen LogP contribution in [-0.2, 0) is 0 Å². The number of carbonyl (C=O) groups is 1. The summed E-state index contributed by atoms with van der Waals surface area (Å²) >= 11 is 3.49. The summed E-state index contributed by atoms with van der Waals surface area (Å²) in [6.07, 6.45) is 0. The Bertz CT molecular complexity index is 366. The third-order valence-electron chi connectivity index (χ3n) is 2.29. The molecule has 3 nitrogen and oxygen atoms in total. The molecule has 0 aromatic heterocycles. The molecule has 4 heteroatoms. The Kier molecular flexibility index (Phi) is 4.80. The van der Waals surface area contributed by atoms with E-state index in [-0.39, 0.29) is 16.5 Å². The summed E-state index contributed by atoms with van der Waals surface area (Å²) in [5.74, 6) is 0.400. The molecule has 1 rings (SSSR count). The first-order valence-corrected chi connectivity index (χ1v) is 6.13. The van der Waals surface area contributed by atoms with Crippen LogP contribution in [0.4, 0.5) is 0 Å². The summed E-state index contributed by atoms with van der Waals surface area (Å²) in [6.45, 7) is 4.74. The van der Waals surface area contributed by atoms with Crippen LogP contribution in [-0.4, -0.2) is 22.4 Å². The SMILES string of the molecule is CC(C)C(Br)CNC(=O)c1cccc(O)c1. The van der Waals surface area contributed by atoms with Crippen molar-refractivity contribution < 1.29 is 9.90 Å². The molecule has 0 bridgehead atoms. The molecule has 0 radical (unpaired) electrons. The Balaban J connectivity index is 2.53. The summed E-state index contributed by atoms with van der Waals surface area (Å²) in [4.78, 5) is 11.9. The fraction of sp³-hybridized carbons (Fsp3) is 0.417. The van der Waals surface area contributed by atoms with Crippen molar-refractivity contribution in [2.75, 3.05) is 6.54 Å². The first kappa shape index (κ1) is 13.0. The van der Waals surface area contributed by atoms with E-state index in [4.69, 9.17) is 0 Å². The topological polar surface area (TPSA) is 49.3 Å². The average molecular weight is 286 g/mol. The second kappa shape index (κ2) is 5.89. The van der Waals surface area contributed by atoms with Gasteiger partial charge in [0.2, 0.25) is 0 Å². The number of phenols is 1. The van der Waals surface area contributed by atoms with Crippen molar-refractivity contribution in [1.82, 2.24) is 5.32 Å². The van der Waals surface area contributed by atoms with Crippen LogP contribution in [0.3, 0.4) is 0 Å². The van der Waals surface area contributed by atoms with Gasteiger partial charge in [-0.2, -0.15) is 0 Å². The van der Waals surface area contributed by atoms with E-state index >= 15 is 0 Å². The minimum Gasteiger partial charge on any atom is -0.508 e. The summed E-state index contributed by atoms with van der Waals surface area (Å²) < 4.78 is 0. The van der Waals surface area contributed by atoms with Crippen LogP contribution in [0.2, 0.25) is 0 Å². The van der Waals surface area contributed by atoms with Crippen molar-refractivity contribution in [2.24, 2.45) is 5.92 Å². The molecule has 1 unspecified atom stereocenters. The van der Waals surface area contributed by atoms with E-state index in [9.17, 15) is 9.90 Å². The van der Waals surface area contributed by atoms with Gasteiger partial charge in [0.25, 0.3) is 5.91 Å². The highest BCUT2D eigenvalue weighted by molar-refractivity contribution is 9.09. The number of carbonyl (C=O) groups excluding carboxylic acids is 1. The van der Waals surface area contributed by atoms with E-state index in [0.717, 1.165) is 0 Å². The molecule has 88 valence electrons. The zero-order valence-corrected chi connectivity index (χ0v) is 11.0. The van der Waals surface area contributed by atoms with E-state index in [1.165, 1.54) is 12.1 Å². The van der Waals surface area contributed by atoms with Gasteiger partial charge in [0.15, 0.2) is 0 Å². The maximum absolute atomic E-state index is 11.7. The number of phenolic OH excluding ortho intramolecular Hbond substituents is 1. The van der Waals surface area contributed by atoms with Crippen LogP contribution in [0.1, 0.15) is 24.2 Å². The second-order valence-corrected chi connectivity index (χ2v) is 5.20. The van der Waals surface area contributed by atoms with E-state index in [1.54, 1.807) is 12.1 Å². The largest absolute Gasteiger partial charge is 0.508 e. The number of hydrogen-bond acceptors (Lipinski definition) is 2. The Hall–Kier alpha value is -1.03. The van der Waals surface area contributed by atoms with Crippen molar-refractivity contribution in [2.45, 2.75) is 18.7 Å². The Morgan fingerprint density at radius 1 is 1.50 bits per heavy atom.